The van der Waals surface area contributed by atoms with Crippen LogP contribution in [0.15, 0.2) is 55.0 Å². The average Bonchev–Trinajstić information content (AvgIpc) is 3.41. The number of hydrogen-bond donors (Lipinski definition) is 0. The highest BCUT2D eigenvalue weighted by atomic mass is 16.2. The molecule has 0 N–H and O–H groups in total. The zero-order valence-corrected chi connectivity index (χ0v) is 15.6. The van der Waals surface area contributed by atoms with Crippen molar-refractivity contribution in [3.8, 4) is 11.4 Å². The van der Waals surface area contributed by atoms with Crippen LogP contribution in [0.4, 0.5) is 0 Å². The Morgan fingerprint density at radius 2 is 1.93 bits per heavy atom. The van der Waals surface area contributed by atoms with Crippen LogP contribution in [0.3, 0.4) is 0 Å². The van der Waals surface area contributed by atoms with Crippen molar-refractivity contribution >= 4 is 5.91 Å². The number of carbonyl (C=O) groups excluding carboxylic acids is 1. The third-order valence-electron chi connectivity index (χ3n) is 4.76. The Hall–Kier alpha value is -3.02. The first-order valence-electron chi connectivity index (χ1n) is 9.34. The second-order valence-corrected chi connectivity index (χ2v) is 7.18. The molecule has 1 fully saturated rings. The standard InChI is InChI=1S/C21H23N5O/c1-15(2)26-20(23-14-24-26)16-6-8-17(9-7-16)21(27)25(19-10-11-19)13-18-5-3-4-12-22-18/h3-9,12,14-15,19H,10-11,13H2,1-2H3. The Balaban J connectivity index is 1.55. The summed E-state index contributed by atoms with van der Waals surface area (Å²) in [4.78, 5) is 23.7. The molecule has 0 bridgehead atoms. The summed E-state index contributed by atoms with van der Waals surface area (Å²) in [6, 6.07) is 14.0. The van der Waals surface area contributed by atoms with Crippen molar-refractivity contribution in [2.45, 2.75) is 45.3 Å². The van der Waals surface area contributed by atoms with E-state index < -0.39 is 0 Å². The fourth-order valence-corrected chi connectivity index (χ4v) is 3.18. The third-order valence-corrected chi connectivity index (χ3v) is 4.76. The lowest BCUT2D eigenvalue weighted by Gasteiger charge is -2.22. The number of benzene rings is 1. The van der Waals surface area contributed by atoms with Gasteiger partial charge in [-0.1, -0.05) is 18.2 Å². The van der Waals surface area contributed by atoms with Crippen LogP contribution in [0.25, 0.3) is 11.4 Å². The predicted molar refractivity (Wildman–Crippen MR) is 103 cm³/mol. The monoisotopic (exact) mass is 361 g/mol. The number of rotatable bonds is 6. The molecule has 6 heteroatoms. The molecule has 6 nitrogen and oxygen atoms in total. The molecule has 1 aliphatic carbocycles. The molecule has 2 aromatic heterocycles. The second-order valence-electron chi connectivity index (χ2n) is 7.18. The summed E-state index contributed by atoms with van der Waals surface area (Å²) in [5.74, 6) is 0.872. The maximum absolute atomic E-state index is 13.1. The molecular weight excluding hydrogens is 338 g/mol. The lowest BCUT2D eigenvalue weighted by Crippen LogP contribution is -2.32. The van der Waals surface area contributed by atoms with Gasteiger partial charge >= 0.3 is 0 Å². The smallest absolute Gasteiger partial charge is 0.254 e. The van der Waals surface area contributed by atoms with E-state index in [1.807, 2.05) is 52.0 Å². The second kappa shape index (κ2) is 7.31. The van der Waals surface area contributed by atoms with Crippen LogP contribution in [0.5, 0.6) is 0 Å². The number of pyridine rings is 1. The summed E-state index contributed by atoms with van der Waals surface area (Å²) in [5, 5.41) is 4.28. The number of hydrogen-bond acceptors (Lipinski definition) is 4. The fraction of sp³-hybridized carbons (Fsp3) is 0.333. The Kier molecular flexibility index (Phi) is 4.71. The minimum absolute atomic E-state index is 0.0556. The third kappa shape index (κ3) is 3.74. The van der Waals surface area contributed by atoms with E-state index in [0.717, 1.165) is 29.9 Å². The predicted octanol–water partition coefficient (Wildman–Crippen LogP) is 3.73. The molecule has 1 aliphatic rings. The zero-order valence-electron chi connectivity index (χ0n) is 15.6. The SMILES string of the molecule is CC(C)n1ncnc1-c1ccc(C(=O)N(Cc2ccccn2)C2CC2)cc1. The van der Waals surface area contributed by atoms with Gasteiger partial charge in [0.1, 0.15) is 6.33 Å². The molecule has 4 rings (SSSR count). The molecule has 0 radical (unpaired) electrons. The zero-order chi connectivity index (χ0) is 18.8. The van der Waals surface area contributed by atoms with Crippen molar-refractivity contribution in [2.24, 2.45) is 0 Å². The van der Waals surface area contributed by atoms with Crippen LogP contribution in [0, 0.1) is 0 Å². The molecule has 1 aromatic carbocycles. The van der Waals surface area contributed by atoms with Crippen molar-refractivity contribution < 1.29 is 4.79 Å². The number of nitrogens with zero attached hydrogens (tertiary/aromatic N) is 5. The van der Waals surface area contributed by atoms with E-state index in [0.29, 0.717) is 18.2 Å². The molecule has 138 valence electrons. The van der Waals surface area contributed by atoms with E-state index in [9.17, 15) is 4.79 Å². The maximum Gasteiger partial charge on any atom is 0.254 e. The summed E-state index contributed by atoms with van der Waals surface area (Å²) in [6.07, 6.45) is 5.46. The van der Waals surface area contributed by atoms with Gasteiger partial charge in [-0.2, -0.15) is 5.10 Å². The molecule has 0 atom stereocenters. The molecule has 3 aromatic rings. The van der Waals surface area contributed by atoms with Gasteiger partial charge in [0, 0.05) is 29.4 Å². The van der Waals surface area contributed by atoms with Crippen molar-refractivity contribution in [1.82, 2.24) is 24.6 Å². The first-order chi connectivity index (χ1) is 13.1. The Bertz CT molecular complexity index is 913. The van der Waals surface area contributed by atoms with Gasteiger partial charge in [0.2, 0.25) is 0 Å². The van der Waals surface area contributed by atoms with Crippen LogP contribution < -0.4 is 0 Å². The van der Waals surface area contributed by atoms with E-state index in [1.165, 1.54) is 0 Å². The van der Waals surface area contributed by atoms with E-state index >= 15 is 0 Å². The van der Waals surface area contributed by atoms with E-state index in [2.05, 4.69) is 28.9 Å². The highest BCUT2D eigenvalue weighted by Gasteiger charge is 2.33. The summed E-state index contributed by atoms with van der Waals surface area (Å²) >= 11 is 0. The summed E-state index contributed by atoms with van der Waals surface area (Å²) in [7, 11) is 0. The van der Waals surface area contributed by atoms with E-state index in [4.69, 9.17) is 0 Å². The minimum atomic E-state index is 0.0556. The molecule has 0 spiro atoms. The van der Waals surface area contributed by atoms with Crippen LogP contribution in [0.2, 0.25) is 0 Å². The summed E-state index contributed by atoms with van der Waals surface area (Å²) in [6.45, 7) is 4.69. The van der Waals surface area contributed by atoms with E-state index in [-0.39, 0.29) is 11.9 Å². The molecule has 1 amide bonds. The molecule has 0 aliphatic heterocycles. The number of carbonyl (C=O) groups is 1. The summed E-state index contributed by atoms with van der Waals surface area (Å²) < 4.78 is 1.88. The Morgan fingerprint density at radius 1 is 1.15 bits per heavy atom. The van der Waals surface area contributed by atoms with Crippen molar-refractivity contribution in [1.29, 1.82) is 0 Å². The fourth-order valence-electron chi connectivity index (χ4n) is 3.18. The maximum atomic E-state index is 13.1. The van der Waals surface area contributed by atoms with Gasteiger partial charge in [0.15, 0.2) is 5.82 Å². The lowest BCUT2D eigenvalue weighted by molar-refractivity contribution is 0.0728. The number of aromatic nitrogens is 4. The van der Waals surface area contributed by atoms with E-state index in [1.54, 1.807) is 12.5 Å². The number of amides is 1. The molecule has 2 heterocycles. The summed E-state index contributed by atoms with van der Waals surface area (Å²) in [5.41, 5.74) is 2.57. The van der Waals surface area contributed by atoms with Crippen molar-refractivity contribution in [3.05, 3.63) is 66.2 Å². The molecule has 0 saturated heterocycles. The Morgan fingerprint density at radius 3 is 2.56 bits per heavy atom. The lowest BCUT2D eigenvalue weighted by atomic mass is 10.1. The van der Waals surface area contributed by atoms with Gasteiger partial charge in [-0.25, -0.2) is 9.67 Å². The normalized spacial score (nSPS) is 13.7. The molecule has 27 heavy (non-hydrogen) atoms. The van der Waals surface area contributed by atoms with Crippen LogP contribution in [-0.4, -0.2) is 36.6 Å². The molecule has 1 saturated carbocycles. The van der Waals surface area contributed by atoms with Crippen molar-refractivity contribution in [3.63, 3.8) is 0 Å². The van der Waals surface area contributed by atoms with Crippen LogP contribution in [-0.2, 0) is 6.54 Å². The average molecular weight is 361 g/mol. The topological polar surface area (TPSA) is 63.9 Å². The first kappa shape index (κ1) is 17.4. The van der Waals surface area contributed by atoms with Gasteiger partial charge in [0.25, 0.3) is 5.91 Å². The highest BCUT2D eigenvalue weighted by Crippen LogP contribution is 2.30. The van der Waals surface area contributed by atoms with Gasteiger partial charge in [-0.15, -0.1) is 0 Å². The molecular formula is C21H23N5O. The highest BCUT2D eigenvalue weighted by molar-refractivity contribution is 5.95. The first-order valence-corrected chi connectivity index (χ1v) is 9.34. The Labute approximate surface area is 158 Å². The van der Waals surface area contributed by atoms with Gasteiger partial charge < -0.3 is 4.90 Å². The largest absolute Gasteiger partial charge is 0.330 e. The van der Waals surface area contributed by atoms with Crippen LogP contribution >= 0.6 is 0 Å². The van der Waals surface area contributed by atoms with Crippen LogP contribution in [0.1, 0.15) is 48.8 Å². The van der Waals surface area contributed by atoms with Gasteiger partial charge in [-0.3, -0.25) is 9.78 Å². The van der Waals surface area contributed by atoms with Gasteiger partial charge in [0.05, 0.1) is 12.2 Å². The van der Waals surface area contributed by atoms with Crippen molar-refractivity contribution in [2.75, 3.05) is 0 Å². The molecule has 0 unspecified atom stereocenters. The minimum Gasteiger partial charge on any atom is -0.330 e. The van der Waals surface area contributed by atoms with Gasteiger partial charge in [-0.05, 0) is 51.0 Å². The quantitative estimate of drug-likeness (QED) is 0.671.